The fraction of sp³-hybridized carbons (Fsp3) is 0.467. The molecule has 5 nitrogen and oxygen atoms in total. The number of fused-ring (bicyclic) bond motifs is 1. The number of ketones is 1. The maximum Gasteiger partial charge on any atom is 0.296 e. The van der Waals surface area contributed by atoms with Crippen molar-refractivity contribution in [2.45, 2.75) is 13.3 Å². The zero-order chi connectivity index (χ0) is 14.1. The van der Waals surface area contributed by atoms with Gasteiger partial charge in [-0.1, -0.05) is 6.92 Å². The van der Waals surface area contributed by atoms with Gasteiger partial charge in [-0.2, -0.15) is 0 Å². The average molecular weight is 273 g/mol. The van der Waals surface area contributed by atoms with Crippen molar-refractivity contribution in [2.75, 3.05) is 42.9 Å². The van der Waals surface area contributed by atoms with Gasteiger partial charge in [0, 0.05) is 31.9 Å². The molecule has 1 aromatic carbocycles. The summed E-state index contributed by atoms with van der Waals surface area (Å²) in [5, 5.41) is 2.63. The van der Waals surface area contributed by atoms with E-state index >= 15 is 0 Å². The molecule has 0 unspecified atom stereocenters. The first-order chi connectivity index (χ1) is 9.69. The summed E-state index contributed by atoms with van der Waals surface area (Å²) in [6, 6.07) is 5.60. The topological polar surface area (TPSA) is 52.6 Å². The van der Waals surface area contributed by atoms with E-state index in [1.165, 1.54) is 6.42 Å². The molecule has 2 aliphatic rings. The lowest BCUT2D eigenvalue weighted by atomic mass is 10.1. The summed E-state index contributed by atoms with van der Waals surface area (Å²) >= 11 is 0. The third kappa shape index (κ3) is 2.29. The summed E-state index contributed by atoms with van der Waals surface area (Å²) in [5.74, 6) is -0.954. The van der Waals surface area contributed by atoms with Crippen LogP contribution >= 0.6 is 0 Å². The van der Waals surface area contributed by atoms with Crippen molar-refractivity contribution in [3.8, 4) is 0 Å². The Morgan fingerprint density at radius 1 is 1.15 bits per heavy atom. The highest BCUT2D eigenvalue weighted by Crippen LogP contribution is 2.28. The Balaban J connectivity index is 1.72. The van der Waals surface area contributed by atoms with Gasteiger partial charge in [0.05, 0.1) is 11.3 Å². The molecular formula is C15H19N3O2. The van der Waals surface area contributed by atoms with Crippen molar-refractivity contribution in [3.05, 3.63) is 23.8 Å². The normalized spacial score (nSPS) is 19.1. The molecule has 1 aromatic rings. The maximum atomic E-state index is 11.6. The zero-order valence-corrected chi connectivity index (χ0v) is 11.7. The third-order valence-corrected chi connectivity index (χ3v) is 3.98. The van der Waals surface area contributed by atoms with Gasteiger partial charge in [0.15, 0.2) is 0 Å². The van der Waals surface area contributed by atoms with Crippen LogP contribution in [0.3, 0.4) is 0 Å². The van der Waals surface area contributed by atoms with Gasteiger partial charge in [0.2, 0.25) is 0 Å². The minimum atomic E-state index is -0.523. The molecule has 3 rings (SSSR count). The van der Waals surface area contributed by atoms with Crippen LogP contribution in [0.2, 0.25) is 0 Å². The second-order valence-electron chi connectivity index (χ2n) is 5.34. The van der Waals surface area contributed by atoms with E-state index in [4.69, 9.17) is 0 Å². The number of nitrogens with zero attached hydrogens (tertiary/aromatic N) is 2. The number of Topliss-reactive ketones (excluding diaryl/α,β-unsaturated/α-hetero) is 1. The van der Waals surface area contributed by atoms with Crippen LogP contribution in [0.1, 0.15) is 23.7 Å². The molecule has 0 atom stereocenters. The number of nitrogens with one attached hydrogen (secondary N) is 1. The molecule has 5 heteroatoms. The van der Waals surface area contributed by atoms with Gasteiger partial charge in [-0.05, 0) is 31.2 Å². The van der Waals surface area contributed by atoms with Gasteiger partial charge in [-0.15, -0.1) is 0 Å². The molecule has 1 saturated heterocycles. The molecule has 1 N–H and O–H groups in total. The molecule has 2 heterocycles. The van der Waals surface area contributed by atoms with E-state index < -0.39 is 11.7 Å². The SMILES string of the molecule is CCCN1CCN(c2ccc3c(c2)NC(=O)C3=O)CC1. The van der Waals surface area contributed by atoms with E-state index in [2.05, 4.69) is 22.0 Å². The predicted molar refractivity (Wildman–Crippen MR) is 78.3 cm³/mol. The summed E-state index contributed by atoms with van der Waals surface area (Å²) in [5.41, 5.74) is 2.21. The number of anilines is 2. The Kier molecular flexibility index (Phi) is 3.44. The standard InChI is InChI=1S/C15H19N3O2/c1-2-5-17-6-8-18(9-7-17)11-3-4-12-13(10-11)16-15(20)14(12)19/h3-4,10H,2,5-9H2,1H3,(H,16,19,20). The largest absolute Gasteiger partial charge is 0.369 e. The number of rotatable bonds is 3. The molecule has 0 aliphatic carbocycles. The van der Waals surface area contributed by atoms with Gasteiger partial charge >= 0.3 is 0 Å². The van der Waals surface area contributed by atoms with E-state index in [9.17, 15) is 9.59 Å². The summed E-state index contributed by atoms with van der Waals surface area (Å²) in [6.45, 7) is 7.46. The highest BCUT2D eigenvalue weighted by atomic mass is 16.2. The Labute approximate surface area is 118 Å². The van der Waals surface area contributed by atoms with Gasteiger partial charge in [0.1, 0.15) is 0 Å². The molecule has 1 fully saturated rings. The molecule has 0 radical (unpaired) electrons. The van der Waals surface area contributed by atoms with E-state index in [-0.39, 0.29) is 0 Å². The minimum Gasteiger partial charge on any atom is -0.369 e. The number of piperazine rings is 1. The van der Waals surface area contributed by atoms with Crippen molar-refractivity contribution in [1.82, 2.24) is 4.90 Å². The van der Waals surface area contributed by atoms with Crippen LogP contribution in [0.25, 0.3) is 0 Å². The highest BCUT2D eigenvalue weighted by molar-refractivity contribution is 6.51. The number of amides is 1. The van der Waals surface area contributed by atoms with Crippen molar-refractivity contribution in [2.24, 2.45) is 0 Å². The molecule has 1 amide bonds. The van der Waals surface area contributed by atoms with Crippen LogP contribution in [0, 0.1) is 0 Å². The third-order valence-electron chi connectivity index (χ3n) is 3.98. The Hall–Kier alpha value is -1.88. The van der Waals surface area contributed by atoms with Crippen LogP contribution in [0.4, 0.5) is 11.4 Å². The van der Waals surface area contributed by atoms with E-state index in [0.717, 1.165) is 38.4 Å². The molecule has 0 bridgehead atoms. The molecule has 20 heavy (non-hydrogen) atoms. The molecule has 0 saturated carbocycles. The van der Waals surface area contributed by atoms with Crippen molar-refractivity contribution < 1.29 is 9.59 Å². The molecule has 0 spiro atoms. The second-order valence-corrected chi connectivity index (χ2v) is 5.34. The van der Waals surface area contributed by atoms with Crippen molar-refractivity contribution >= 4 is 23.1 Å². The number of hydrogen-bond acceptors (Lipinski definition) is 4. The molecule has 106 valence electrons. The van der Waals surface area contributed by atoms with Gasteiger partial charge in [-0.3, -0.25) is 14.5 Å². The molecular weight excluding hydrogens is 254 g/mol. The average Bonchev–Trinajstić information content (AvgIpc) is 2.75. The number of benzene rings is 1. The predicted octanol–water partition coefficient (Wildman–Crippen LogP) is 1.35. The molecule has 2 aliphatic heterocycles. The quantitative estimate of drug-likeness (QED) is 0.845. The van der Waals surface area contributed by atoms with Gasteiger partial charge in [-0.25, -0.2) is 0 Å². The van der Waals surface area contributed by atoms with Crippen LogP contribution in [0.5, 0.6) is 0 Å². The second kappa shape index (κ2) is 5.25. The summed E-state index contributed by atoms with van der Waals surface area (Å²) in [7, 11) is 0. The fourth-order valence-electron chi connectivity index (χ4n) is 2.88. The first-order valence-corrected chi connectivity index (χ1v) is 7.16. The number of hydrogen-bond donors (Lipinski definition) is 1. The minimum absolute atomic E-state index is 0.431. The Morgan fingerprint density at radius 3 is 2.60 bits per heavy atom. The van der Waals surface area contributed by atoms with Crippen LogP contribution < -0.4 is 10.2 Å². The smallest absolute Gasteiger partial charge is 0.296 e. The lowest BCUT2D eigenvalue weighted by Crippen LogP contribution is -2.46. The number of carbonyl (C=O) groups excluding carboxylic acids is 2. The lowest BCUT2D eigenvalue weighted by molar-refractivity contribution is -0.112. The monoisotopic (exact) mass is 273 g/mol. The molecule has 0 aromatic heterocycles. The summed E-state index contributed by atoms with van der Waals surface area (Å²) in [6.07, 6.45) is 1.19. The Morgan fingerprint density at radius 2 is 1.90 bits per heavy atom. The summed E-state index contributed by atoms with van der Waals surface area (Å²) in [4.78, 5) is 27.7. The van der Waals surface area contributed by atoms with Crippen LogP contribution in [-0.4, -0.2) is 49.3 Å². The maximum absolute atomic E-state index is 11.6. The number of carbonyl (C=O) groups is 2. The van der Waals surface area contributed by atoms with Crippen molar-refractivity contribution in [1.29, 1.82) is 0 Å². The van der Waals surface area contributed by atoms with E-state index in [1.807, 2.05) is 12.1 Å². The van der Waals surface area contributed by atoms with Crippen LogP contribution in [0.15, 0.2) is 18.2 Å². The lowest BCUT2D eigenvalue weighted by Gasteiger charge is -2.36. The van der Waals surface area contributed by atoms with Gasteiger partial charge in [0.25, 0.3) is 11.7 Å². The zero-order valence-electron chi connectivity index (χ0n) is 11.7. The van der Waals surface area contributed by atoms with Crippen LogP contribution in [-0.2, 0) is 4.79 Å². The van der Waals surface area contributed by atoms with E-state index in [0.29, 0.717) is 11.3 Å². The van der Waals surface area contributed by atoms with E-state index in [1.54, 1.807) is 6.07 Å². The first kappa shape index (κ1) is 13.1. The van der Waals surface area contributed by atoms with Gasteiger partial charge < -0.3 is 10.2 Å². The highest BCUT2D eigenvalue weighted by Gasteiger charge is 2.28. The summed E-state index contributed by atoms with van der Waals surface area (Å²) < 4.78 is 0. The van der Waals surface area contributed by atoms with Crippen molar-refractivity contribution in [3.63, 3.8) is 0 Å². The first-order valence-electron chi connectivity index (χ1n) is 7.16. The fourth-order valence-corrected chi connectivity index (χ4v) is 2.88. The Bertz CT molecular complexity index is 548.